The van der Waals surface area contributed by atoms with Gasteiger partial charge in [0.2, 0.25) is 5.79 Å². The summed E-state index contributed by atoms with van der Waals surface area (Å²) in [4.78, 5) is 11.7. The third-order valence-electron chi connectivity index (χ3n) is 6.23. The van der Waals surface area contributed by atoms with Gasteiger partial charge in [0.05, 0.1) is 6.61 Å². The molecule has 0 radical (unpaired) electrons. The topological polar surface area (TPSA) is 39.7 Å². The minimum absolute atomic E-state index is 0.304. The van der Waals surface area contributed by atoms with Crippen LogP contribution in [0.1, 0.15) is 31.2 Å². The van der Waals surface area contributed by atoms with Crippen molar-refractivity contribution >= 4 is 22.0 Å². The SMILES string of the molecule is C=C(c1cccc2ccccc12)C1COC2(CCC(Nc3ccccc3)CC2)OO1. The standard InChI is InChI=1S/C26H27NO3/c1-19(23-13-7-9-20-8-5-6-12-24(20)23)25-18-28-26(30-29-25)16-14-22(15-17-26)27-21-10-3-2-4-11-21/h2-13,22,25,27H,1,14-18H2. The number of ether oxygens (including phenoxy) is 1. The second-order valence-electron chi connectivity index (χ2n) is 8.23. The predicted octanol–water partition coefficient (Wildman–Crippen LogP) is 5.95. The molecule has 1 saturated carbocycles. The smallest absolute Gasteiger partial charge is 0.201 e. The summed E-state index contributed by atoms with van der Waals surface area (Å²) in [5.74, 6) is -0.635. The van der Waals surface area contributed by atoms with Crippen molar-refractivity contribution in [1.82, 2.24) is 0 Å². The van der Waals surface area contributed by atoms with Crippen molar-refractivity contribution in [3.05, 3.63) is 84.9 Å². The molecule has 1 heterocycles. The van der Waals surface area contributed by atoms with Crippen LogP contribution in [0.4, 0.5) is 5.69 Å². The van der Waals surface area contributed by atoms with Gasteiger partial charge in [-0.2, -0.15) is 0 Å². The maximum atomic E-state index is 6.24. The number of nitrogens with one attached hydrogen (secondary N) is 1. The van der Waals surface area contributed by atoms with Gasteiger partial charge in [-0.25, -0.2) is 9.78 Å². The van der Waals surface area contributed by atoms with E-state index < -0.39 is 5.79 Å². The maximum Gasteiger partial charge on any atom is 0.201 e. The molecule has 1 unspecified atom stereocenters. The zero-order valence-corrected chi connectivity index (χ0v) is 17.1. The van der Waals surface area contributed by atoms with Crippen LogP contribution in [0.3, 0.4) is 0 Å². The summed E-state index contributed by atoms with van der Waals surface area (Å²) in [7, 11) is 0. The van der Waals surface area contributed by atoms with Crippen LogP contribution in [-0.4, -0.2) is 24.5 Å². The zero-order valence-electron chi connectivity index (χ0n) is 17.1. The lowest BCUT2D eigenvalue weighted by Gasteiger charge is -2.43. The summed E-state index contributed by atoms with van der Waals surface area (Å²) in [6.45, 7) is 4.75. The highest BCUT2D eigenvalue weighted by Gasteiger charge is 2.43. The lowest BCUT2D eigenvalue weighted by Crippen LogP contribution is -2.49. The molecule has 1 aliphatic carbocycles. The van der Waals surface area contributed by atoms with E-state index in [4.69, 9.17) is 14.5 Å². The van der Waals surface area contributed by atoms with Crippen LogP contribution in [0.15, 0.2) is 79.4 Å². The van der Waals surface area contributed by atoms with Crippen LogP contribution in [-0.2, 0) is 14.5 Å². The third-order valence-corrected chi connectivity index (χ3v) is 6.23. The number of rotatable bonds is 4. The van der Waals surface area contributed by atoms with Gasteiger partial charge in [-0.15, -0.1) is 0 Å². The van der Waals surface area contributed by atoms with Crippen molar-refractivity contribution in [2.45, 2.75) is 43.6 Å². The van der Waals surface area contributed by atoms with E-state index in [1.165, 1.54) is 10.8 Å². The van der Waals surface area contributed by atoms with Gasteiger partial charge < -0.3 is 10.1 Å². The Kier molecular flexibility index (Phi) is 5.30. The Morgan fingerprint density at radius 3 is 2.40 bits per heavy atom. The molecule has 1 spiro atoms. The molecule has 5 rings (SSSR count). The Morgan fingerprint density at radius 1 is 0.900 bits per heavy atom. The van der Waals surface area contributed by atoms with Crippen LogP contribution < -0.4 is 5.32 Å². The number of benzene rings is 3. The van der Waals surface area contributed by atoms with E-state index >= 15 is 0 Å². The largest absolute Gasteiger partial charge is 0.382 e. The highest BCUT2D eigenvalue weighted by Crippen LogP contribution is 2.39. The molecule has 4 nitrogen and oxygen atoms in total. The zero-order chi connectivity index (χ0) is 20.4. The fourth-order valence-electron chi connectivity index (χ4n) is 4.46. The molecule has 0 aromatic heterocycles. The summed E-state index contributed by atoms with van der Waals surface area (Å²) in [6, 6.07) is 25.3. The lowest BCUT2D eigenvalue weighted by molar-refractivity contribution is -0.483. The summed E-state index contributed by atoms with van der Waals surface area (Å²) in [6.07, 6.45) is 3.28. The minimum atomic E-state index is -0.635. The minimum Gasteiger partial charge on any atom is -0.382 e. The van der Waals surface area contributed by atoms with Crippen molar-refractivity contribution < 1.29 is 14.5 Å². The first kappa shape index (κ1) is 19.3. The average Bonchev–Trinajstić information content (AvgIpc) is 2.81. The summed E-state index contributed by atoms with van der Waals surface area (Å²) < 4.78 is 6.24. The molecule has 3 aromatic rings. The molecule has 2 fully saturated rings. The predicted molar refractivity (Wildman–Crippen MR) is 120 cm³/mol. The number of anilines is 1. The molecule has 0 amide bonds. The molecule has 30 heavy (non-hydrogen) atoms. The van der Waals surface area contributed by atoms with Gasteiger partial charge in [-0.05, 0) is 46.9 Å². The van der Waals surface area contributed by atoms with Crippen molar-refractivity contribution in [2.24, 2.45) is 0 Å². The van der Waals surface area contributed by atoms with E-state index in [-0.39, 0.29) is 6.10 Å². The third kappa shape index (κ3) is 3.86. The summed E-state index contributed by atoms with van der Waals surface area (Å²) in [5, 5.41) is 5.96. The van der Waals surface area contributed by atoms with Crippen molar-refractivity contribution in [3.8, 4) is 0 Å². The van der Waals surface area contributed by atoms with E-state index in [0.29, 0.717) is 12.6 Å². The van der Waals surface area contributed by atoms with Crippen molar-refractivity contribution in [2.75, 3.05) is 11.9 Å². The lowest BCUT2D eigenvalue weighted by atomic mass is 9.89. The van der Waals surface area contributed by atoms with Gasteiger partial charge in [-0.3, -0.25) is 0 Å². The van der Waals surface area contributed by atoms with Gasteiger partial charge in [0.1, 0.15) is 6.10 Å². The second-order valence-corrected chi connectivity index (χ2v) is 8.23. The van der Waals surface area contributed by atoms with Gasteiger partial charge in [0.15, 0.2) is 0 Å². The molecule has 1 atom stereocenters. The van der Waals surface area contributed by atoms with Crippen LogP contribution in [0, 0.1) is 0 Å². The first-order valence-corrected chi connectivity index (χ1v) is 10.7. The first-order valence-electron chi connectivity index (χ1n) is 10.7. The van der Waals surface area contributed by atoms with Crippen LogP contribution in [0.2, 0.25) is 0 Å². The Morgan fingerprint density at radius 2 is 1.63 bits per heavy atom. The van der Waals surface area contributed by atoms with Crippen LogP contribution in [0.25, 0.3) is 16.3 Å². The fraction of sp³-hybridized carbons (Fsp3) is 0.308. The van der Waals surface area contributed by atoms with E-state index in [1.54, 1.807) is 0 Å². The maximum absolute atomic E-state index is 6.24. The number of hydrogen-bond donors (Lipinski definition) is 1. The Balaban J connectivity index is 1.20. The first-order chi connectivity index (χ1) is 14.7. The molecule has 1 saturated heterocycles. The second kappa shape index (κ2) is 8.23. The van der Waals surface area contributed by atoms with E-state index in [2.05, 4.69) is 66.5 Å². The quantitative estimate of drug-likeness (QED) is 0.548. The number of fused-ring (bicyclic) bond motifs is 1. The molecular weight excluding hydrogens is 374 g/mol. The van der Waals surface area contributed by atoms with Gasteiger partial charge in [-0.1, -0.05) is 67.2 Å². The highest BCUT2D eigenvalue weighted by molar-refractivity contribution is 5.94. The van der Waals surface area contributed by atoms with Crippen LogP contribution >= 0.6 is 0 Å². The molecule has 1 N–H and O–H groups in total. The normalized spacial score (nSPS) is 26.5. The summed E-state index contributed by atoms with van der Waals surface area (Å²) >= 11 is 0. The molecule has 1 aliphatic heterocycles. The highest BCUT2D eigenvalue weighted by atomic mass is 17.2. The number of para-hydroxylation sites is 1. The summed E-state index contributed by atoms with van der Waals surface area (Å²) in [5.41, 5.74) is 3.13. The van der Waals surface area contributed by atoms with Gasteiger partial charge in [0, 0.05) is 24.6 Å². The fourth-order valence-corrected chi connectivity index (χ4v) is 4.46. The number of hydrogen-bond acceptors (Lipinski definition) is 4. The van der Waals surface area contributed by atoms with E-state index in [9.17, 15) is 0 Å². The van der Waals surface area contributed by atoms with Crippen LogP contribution in [0.5, 0.6) is 0 Å². The Bertz CT molecular complexity index is 1010. The molecule has 0 bridgehead atoms. The van der Waals surface area contributed by atoms with Gasteiger partial charge >= 0.3 is 0 Å². The molecule has 4 heteroatoms. The molecular formula is C26H27NO3. The van der Waals surface area contributed by atoms with E-state index in [0.717, 1.165) is 42.5 Å². The molecule has 3 aromatic carbocycles. The Labute approximate surface area is 177 Å². The van der Waals surface area contributed by atoms with E-state index in [1.807, 2.05) is 18.2 Å². The van der Waals surface area contributed by atoms with Gasteiger partial charge in [0.25, 0.3) is 0 Å². The van der Waals surface area contributed by atoms with Crippen molar-refractivity contribution in [3.63, 3.8) is 0 Å². The monoisotopic (exact) mass is 401 g/mol. The Hall–Kier alpha value is -2.66. The van der Waals surface area contributed by atoms with Crippen molar-refractivity contribution in [1.29, 1.82) is 0 Å². The average molecular weight is 402 g/mol. The molecule has 2 aliphatic rings. The molecule has 154 valence electrons.